The number of benzene rings is 2. The topological polar surface area (TPSA) is 68.0 Å². The number of rotatable bonds is 6. The van der Waals surface area contributed by atoms with Gasteiger partial charge in [0.05, 0.1) is 5.56 Å². The molecule has 0 aliphatic carbocycles. The Morgan fingerprint density at radius 2 is 1.77 bits per heavy atom. The number of carbonyl (C=O) groups is 1. The van der Waals surface area contributed by atoms with E-state index in [1.54, 1.807) is 24.3 Å². The lowest BCUT2D eigenvalue weighted by molar-refractivity contribution is -0.137. The van der Waals surface area contributed by atoms with Gasteiger partial charge in [0.1, 0.15) is 6.04 Å². The fourth-order valence-corrected chi connectivity index (χ4v) is 2.92. The molecule has 0 saturated carbocycles. The second kappa shape index (κ2) is 8.87. The maximum atomic E-state index is 12.7. The minimum atomic E-state index is -4.46. The molecule has 1 amide bonds. The normalized spacial score (nSPS) is 13.7. The SMILES string of the molecule is CCC(C)C(NC(=O)c1ccc(C(F)(F)F)cc1)c1nc(-c2ccc(Cl)cc2)no1. The number of halogens is 4. The summed E-state index contributed by atoms with van der Waals surface area (Å²) >= 11 is 5.89. The molecule has 2 unspecified atom stereocenters. The highest BCUT2D eigenvalue weighted by atomic mass is 35.5. The number of carbonyl (C=O) groups excluding carboxylic acids is 1. The fourth-order valence-electron chi connectivity index (χ4n) is 2.80. The van der Waals surface area contributed by atoms with Crippen LogP contribution in [-0.2, 0) is 6.18 Å². The molecule has 2 atom stereocenters. The molecule has 0 fully saturated rings. The zero-order valence-electron chi connectivity index (χ0n) is 16.2. The van der Waals surface area contributed by atoms with Gasteiger partial charge in [0.2, 0.25) is 11.7 Å². The smallest absolute Gasteiger partial charge is 0.340 e. The predicted octanol–water partition coefficient (Wildman–Crippen LogP) is 5.93. The third-order valence-corrected chi connectivity index (χ3v) is 5.04. The molecule has 0 spiro atoms. The average molecular weight is 438 g/mol. The summed E-state index contributed by atoms with van der Waals surface area (Å²) in [5.41, 5.74) is -0.0119. The van der Waals surface area contributed by atoms with E-state index >= 15 is 0 Å². The third kappa shape index (κ3) is 4.99. The van der Waals surface area contributed by atoms with Gasteiger partial charge in [-0.2, -0.15) is 18.2 Å². The molecule has 158 valence electrons. The molecule has 0 radical (unpaired) electrons. The minimum absolute atomic E-state index is 0.0538. The van der Waals surface area contributed by atoms with Crippen LogP contribution in [0.1, 0.15) is 48.1 Å². The van der Waals surface area contributed by atoms with Gasteiger partial charge in [0.25, 0.3) is 5.91 Å². The van der Waals surface area contributed by atoms with Crippen LogP contribution in [0.25, 0.3) is 11.4 Å². The largest absolute Gasteiger partial charge is 0.416 e. The number of alkyl halides is 3. The summed E-state index contributed by atoms with van der Waals surface area (Å²) in [7, 11) is 0. The fraction of sp³-hybridized carbons (Fsp3) is 0.286. The Bertz CT molecular complexity index is 1000. The first-order valence-corrected chi connectivity index (χ1v) is 9.64. The van der Waals surface area contributed by atoms with E-state index < -0.39 is 23.7 Å². The first-order valence-electron chi connectivity index (χ1n) is 9.26. The Balaban J connectivity index is 1.81. The van der Waals surface area contributed by atoms with Gasteiger partial charge < -0.3 is 9.84 Å². The van der Waals surface area contributed by atoms with Crippen molar-refractivity contribution >= 4 is 17.5 Å². The Labute approximate surface area is 176 Å². The van der Waals surface area contributed by atoms with Crippen molar-refractivity contribution in [3.8, 4) is 11.4 Å². The second-order valence-electron chi connectivity index (χ2n) is 6.87. The number of hydrogen-bond acceptors (Lipinski definition) is 4. The minimum Gasteiger partial charge on any atom is -0.340 e. The summed E-state index contributed by atoms with van der Waals surface area (Å²) in [6.45, 7) is 3.85. The molecular weight excluding hydrogens is 419 g/mol. The summed E-state index contributed by atoms with van der Waals surface area (Å²) in [5.74, 6) is -0.0181. The number of nitrogens with one attached hydrogen (secondary N) is 1. The van der Waals surface area contributed by atoms with Crippen LogP contribution in [0.2, 0.25) is 5.02 Å². The summed E-state index contributed by atoms with van der Waals surface area (Å²) < 4.78 is 43.6. The van der Waals surface area contributed by atoms with E-state index in [0.29, 0.717) is 22.8 Å². The van der Waals surface area contributed by atoms with Gasteiger partial charge in [-0.1, -0.05) is 37.0 Å². The molecular formula is C21H19ClF3N3O2. The molecule has 1 N–H and O–H groups in total. The lowest BCUT2D eigenvalue weighted by Gasteiger charge is -2.21. The van der Waals surface area contributed by atoms with Gasteiger partial charge in [0, 0.05) is 16.1 Å². The van der Waals surface area contributed by atoms with Crippen molar-refractivity contribution in [1.82, 2.24) is 15.5 Å². The standard InChI is InChI=1S/C21H19ClF3N3O2/c1-3-12(2)17(20-27-18(28-30-20)13-6-10-16(22)11-7-13)26-19(29)14-4-8-15(9-5-14)21(23,24)25/h4-12,17H,3H2,1-2H3,(H,26,29). The summed E-state index contributed by atoms with van der Waals surface area (Å²) in [6.07, 6.45) is -3.76. The van der Waals surface area contributed by atoms with E-state index in [2.05, 4.69) is 15.5 Å². The quantitative estimate of drug-likeness (QED) is 0.519. The zero-order valence-corrected chi connectivity index (χ0v) is 17.0. The van der Waals surface area contributed by atoms with Crippen LogP contribution in [0.4, 0.5) is 13.2 Å². The van der Waals surface area contributed by atoms with E-state index in [1.165, 1.54) is 0 Å². The van der Waals surface area contributed by atoms with Crippen LogP contribution in [0.3, 0.4) is 0 Å². The van der Waals surface area contributed by atoms with Crippen LogP contribution in [0, 0.1) is 5.92 Å². The van der Waals surface area contributed by atoms with Crippen molar-refractivity contribution in [2.24, 2.45) is 5.92 Å². The maximum Gasteiger partial charge on any atom is 0.416 e. The van der Waals surface area contributed by atoms with Crippen molar-refractivity contribution in [2.75, 3.05) is 0 Å². The molecule has 9 heteroatoms. The lowest BCUT2D eigenvalue weighted by atomic mass is 9.98. The van der Waals surface area contributed by atoms with Crippen molar-refractivity contribution in [3.63, 3.8) is 0 Å². The Morgan fingerprint density at radius 3 is 2.33 bits per heavy atom. The summed E-state index contributed by atoms with van der Waals surface area (Å²) in [4.78, 5) is 17.0. The first kappa shape index (κ1) is 21.8. The highest BCUT2D eigenvalue weighted by Crippen LogP contribution is 2.30. The molecule has 30 heavy (non-hydrogen) atoms. The summed E-state index contributed by atoms with van der Waals surface area (Å²) in [6, 6.07) is 10.3. The monoisotopic (exact) mass is 437 g/mol. The van der Waals surface area contributed by atoms with E-state index in [-0.39, 0.29) is 17.4 Å². The highest BCUT2D eigenvalue weighted by Gasteiger charge is 2.31. The van der Waals surface area contributed by atoms with Crippen molar-refractivity contribution in [3.05, 3.63) is 70.6 Å². The zero-order chi connectivity index (χ0) is 21.9. The summed E-state index contributed by atoms with van der Waals surface area (Å²) in [5, 5.41) is 7.33. The van der Waals surface area contributed by atoms with Crippen LogP contribution < -0.4 is 5.32 Å². The molecule has 0 saturated heterocycles. The molecule has 0 aliphatic rings. The van der Waals surface area contributed by atoms with Gasteiger partial charge >= 0.3 is 6.18 Å². The third-order valence-electron chi connectivity index (χ3n) is 4.78. The molecule has 3 rings (SSSR count). The lowest BCUT2D eigenvalue weighted by Crippen LogP contribution is -2.32. The molecule has 1 heterocycles. The van der Waals surface area contributed by atoms with Crippen molar-refractivity contribution in [2.45, 2.75) is 32.5 Å². The molecule has 3 aromatic rings. The molecule has 5 nitrogen and oxygen atoms in total. The van der Waals surface area contributed by atoms with E-state index in [0.717, 1.165) is 24.3 Å². The Morgan fingerprint density at radius 1 is 1.13 bits per heavy atom. The predicted molar refractivity (Wildman–Crippen MR) is 106 cm³/mol. The number of nitrogens with zero attached hydrogens (tertiary/aromatic N) is 2. The van der Waals surface area contributed by atoms with Gasteiger partial charge in [-0.3, -0.25) is 4.79 Å². The number of hydrogen-bond donors (Lipinski definition) is 1. The molecule has 2 aromatic carbocycles. The highest BCUT2D eigenvalue weighted by molar-refractivity contribution is 6.30. The van der Waals surface area contributed by atoms with Crippen LogP contribution >= 0.6 is 11.6 Å². The maximum absolute atomic E-state index is 12.7. The van der Waals surface area contributed by atoms with Crippen LogP contribution in [-0.4, -0.2) is 16.0 Å². The van der Waals surface area contributed by atoms with E-state index in [4.69, 9.17) is 16.1 Å². The Kier molecular flexibility index (Phi) is 6.45. The van der Waals surface area contributed by atoms with Gasteiger partial charge in [0.15, 0.2) is 0 Å². The average Bonchev–Trinajstić information content (AvgIpc) is 3.21. The molecule has 0 bridgehead atoms. The van der Waals surface area contributed by atoms with Crippen LogP contribution in [0.5, 0.6) is 0 Å². The van der Waals surface area contributed by atoms with Gasteiger partial charge in [-0.25, -0.2) is 0 Å². The molecule has 1 aromatic heterocycles. The van der Waals surface area contributed by atoms with Gasteiger partial charge in [-0.05, 0) is 54.4 Å². The Hall–Kier alpha value is -2.87. The van der Waals surface area contributed by atoms with E-state index in [9.17, 15) is 18.0 Å². The van der Waals surface area contributed by atoms with Crippen molar-refractivity contribution < 1.29 is 22.5 Å². The second-order valence-corrected chi connectivity index (χ2v) is 7.31. The van der Waals surface area contributed by atoms with Crippen molar-refractivity contribution in [1.29, 1.82) is 0 Å². The van der Waals surface area contributed by atoms with Crippen LogP contribution in [0.15, 0.2) is 53.1 Å². The van der Waals surface area contributed by atoms with E-state index in [1.807, 2.05) is 13.8 Å². The number of amides is 1. The molecule has 0 aliphatic heterocycles. The number of aromatic nitrogens is 2. The van der Waals surface area contributed by atoms with Gasteiger partial charge in [-0.15, -0.1) is 0 Å². The first-order chi connectivity index (χ1) is 14.2.